The van der Waals surface area contributed by atoms with Crippen molar-refractivity contribution in [2.45, 2.75) is 25.9 Å². The number of hydrogen-bond donors (Lipinski definition) is 0. The molecule has 0 bridgehead atoms. The fraction of sp³-hybridized carbons (Fsp3) is 0.538. The van der Waals surface area contributed by atoms with Gasteiger partial charge in [-0.1, -0.05) is 0 Å². The van der Waals surface area contributed by atoms with Crippen LogP contribution in [-0.4, -0.2) is 38.4 Å². The van der Waals surface area contributed by atoms with Crippen LogP contribution in [0, 0.1) is 5.21 Å². The van der Waals surface area contributed by atoms with E-state index in [-0.39, 0.29) is 12.1 Å². The van der Waals surface area contributed by atoms with Crippen molar-refractivity contribution in [2.75, 3.05) is 25.2 Å². The third kappa shape index (κ3) is 2.63. The molecule has 0 amide bonds. The van der Waals surface area contributed by atoms with E-state index in [4.69, 9.17) is 9.47 Å². The number of morpholine rings is 1. The average molecular weight is 266 g/mol. The Morgan fingerprint density at radius 1 is 1.47 bits per heavy atom. The fourth-order valence-electron chi connectivity index (χ4n) is 2.43. The van der Waals surface area contributed by atoms with E-state index in [0.29, 0.717) is 29.2 Å². The van der Waals surface area contributed by atoms with E-state index >= 15 is 0 Å². The summed E-state index contributed by atoms with van der Waals surface area (Å²) in [5, 5.41) is 11.5. The smallest absolute Gasteiger partial charge is 0.340 e. The van der Waals surface area contributed by atoms with E-state index in [1.54, 1.807) is 0 Å². The van der Waals surface area contributed by atoms with Gasteiger partial charge in [0.05, 0.1) is 38.0 Å². The number of aromatic nitrogens is 1. The Balaban J connectivity index is 2.46. The molecule has 104 valence electrons. The molecule has 1 aromatic rings. The molecule has 19 heavy (non-hydrogen) atoms. The van der Waals surface area contributed by atoms with Crippen LogP contribution >= 0.6 is 0 Å². The number of carbonyl (C=O) groups excluding carboxylic acids is 1. The summed E-state index contributed by atoms with van der Waals surface area (Å²) in [6.07, 6.45) is 2.70. The molecule has 0 radical (unpaired) electrons. The van der Waals surface area contributed by atoms with Crippen LogP contribution in [-0.2, 0) is 9.47 Å². The summed E-state index contributed by atoms with van der Waals surface area (Å²) in [6.45, 7) is 5.13. The number of esters is 1. The third-order valence-corrected chi connectivity index (χ3v) is 3.26. The van der Waals surface area contributed by atoms with Crippen LogP contribution in [0.1, 0.15) is 24.2 Å². The molecular formula is C13H18N2O4. The number of rotatable bonds is 2. The lowest BCUT2D eigenvalue weighted by Gasteiger charge is -2.40. The molecule has 2 heterocycles. The van der Waals surface area contributed by atoms with E-state index in [0.717, 1.165) is 0 Å². The molecule has 0 N–H and O–H groups in total. The van der Waals surface area contributed by atoms with Crippen molar-refractivity contribution in [3.63, 3.8) is 0 Å². The molecule has 6 heteroatoms. The molecule has 1 aliphatic rings. The standard InChI is InChI=1S/C13H18N2O4/c1-9-7-19-8-10(2)15(9)12-6-14(17)5-4-11(12)13(16)18-3/h4-6,9-10H,7-8H2,1-3H3/t9-,10-/m0/s1. The monoisotopic (exact) mass is 266 g/mol. The van der Waals surface area contributed by atoms with E-state index in [2.05, 4.69) is 0 Å². The normalized spacial score (nSPS) is 23.2. The third-order valence-electron chi connectivity index (χ3n) is 3.26. The Morgan fingerprint density at radius 2 is 2.11 bits per heavy atom. The van der Waals surface area contributed by atoms with Crippen molar-refractivity contribution in [3.8, 4) is 0 Å². The molecule has 2 rings (SSSR count). The molecule has 0 saturated carbocycles. The van der Waals surface area contributed by atoms with Gasteiger partial charge in [0.1, 0.15) is 5.69 Å². The molecule has 0 unspecified atom stereocenters. The molecule has 1 fully saturated rings. The van der Waals surface area contributed by atoms with Crippen LogP contribution in [0.4, 0.5) is 5.69 Å². The summed E-state index contributed by atoms with van der Waals surface area (Å²) in [6, 6.07) is 1.67. The Hall–Kier alpha value is -1.82. The quantitative estimate of drug-likeness (QED) is 0.448. The van der Waals surface area contributed by atoms with E-state index in [9.17, 15) is 10.0 Å². The van der Waals surface area contributed by atoms with Crippen LogP contribution in [0.2, 0.25) is 0 Å². The average Bonchev–Trinajstić information content (AvgIpc) is 2.38. The lowest BCUT2D eigenvalue weighted by Crippen LogP contribution is -2.51. The fourth-order valence-corrected chi connectivity index (χ4v) is 2.43. The number of methoxy groups -OCH3 is 1. The summed E-state index contributed by atoms with van der Waals surface area (Å²) in [7, 11) is 1.33. The maximum atomic E-state index is 11.8. The Kier molecular flexibility index (Phi) is 3.90. The number of anilines is 1. The van der Waals surface area contributed by atoms with Crippen LogP contribution < -0.4 is 9.63 Å². The van der Waals surface area contributed by atoms with Gasteiger partial charge in [0.25, 0.3) is 0 Å². The molecular weight excluding hydrogens is 248 g/mol. The predicted octanol–water partition coefficient (Wildman–Crippen LogP) is 0.720. The predicted molar refractivity (Wildman–Crippen MR) is 69.0 cm³/mol. The van der Waals surface area contributed by atoms with Crippen LogP contribution in [0.15, 0.2) is 18.5 Å². The highest BCUT2D eigenvalue weighted by atomic mass is 16.5. The van der Waals surface area contributed by atoms with Crippen molar-refractivity contribution in [3.05, 3.63) is 29.2 Å². The zero-order valence-electron chi connectivity index (χ0n) is 11.3. The van der Waals surface area contributed by atoms with Gasteiger partial charge in [0.15, 0.2) is 6.20 Å². The SMILES string of the molecule is COC(=O)c1cc[n+]([O-])cc1N1[C@@H](C)COC[C@@H]1C. The highest BCUT2D eigenvalue weighted by Gasteiger charge is 2.30. The second-order valence-corrected chi connectivity index (χ2v) is 4.74. The molecule has 0 aromatic carbocycles. The maximum Gasteiger partial charge on any atom is 0.340 e. The number of pyridine rings is 1. The minimum atomic E-state index is -0.443. The molecule has 1 aromatic heterocycles. The lowest BCUT2D eigenvalue weighted by molar-refractivity contribution is -0.604. The molecule has 6 nitrogen and oxygen atoms in total. The van der Waals surface area contributed by atoms with Crippen molar-refractivity contribution >= 4 is 11.7 Å². The van der Waals surface area contributed by atoms with E-state index in [1.165, 1.54) is 25.6 Å². The van der Waals surface area contributed by atoms with Crippen LogP contribution in [0.3, 0.4) is 0 Å². The molecule has 1 aliphatic heterocycles. The van der Waals surface area contributed by atoms with E-state index in [1.807, 2.05) is 18.7 Å². The zero-order valence-corrected chi connectivity index (χ0v) is 11.3. The van der Waals surface area contributed by atoms with Gasteiger partial charge in [-0.2, -0.15) is 4.73 Å². The van der Waals surface area contributed by atoms with E-state index < -0.39 is 5.97 Å². The number of nitrogens with zero attached hydrogens (tertiary/aromatic N) is 2. The highest BCUT2D eigenvalue weighted by Crippen LogP contribution is 2.26. The molecule has 2 atom stereocenters. The van der Waals surface area contributed by atoms with Gasteiger partial charge in [-0.25, -0.2) is 4.79 Å². The summed E-state index contributed by atoms with van der Waals surface area (Å²) in [5.41, 5.74) is 0.989. The Bertz CT molecular complexity index is 468. The summed E-state index contributed by atoms with van der Waals surface area (Å²) >= 11 is 0. The van der Waals surface area contributed by atoms with Gasteiger partial charge < -0.3 is 19.6 Å². The topological polar surface area (TPSA) is 65.7 Å². The van der Waals surface area contributed by atoms with Gasteiger partial charge in [-0.3, -0.25) is 0 Å². The summed E-state index contributed by atoms with van der Waals surface area (Å²) < 4.78 is 10.9. The lowest BCUT2D eigenvalue weighted by atomic mass is 10.1. The van der Waals surface area contributed by atoms with Crippen molar-refractivity contribution in [2.24, 2.45) is 0 Å². The van der Waals surface area contributed by atoms with Crippen molar-refractivity contribution in [1.82, 2.24) is 0 Å². The first-order valence-electron chi connectivity index (χ1n) is 6.21. The number of hydrogen-bond acceptors (Lipinski definition) is 5. The first kappa shape index (κ1) is 13.6. The first-order valence-corrected chi connectivity index (χ1v) is 6.21. The second-order valence-electron chi connectivity index (χ2n) is 4.74. The number of ether oxygens (including phenoxy) is 2. The highest BCUT2D eigenvalue weighted by molar-refractivity contribution is 5.95. The minimum absolute atomic E-state index is 0.0922. The minimum Gasteiger partial charge on any atom is -0.619 e. The molecule has 0 aliphatic carbocycles. The van der Waals surface area contributed by atoms with Gasteiger partial charge in [-0.05, 0) is 13.8 Å². The second kappa shape index (κ2) is 5.44. The van der Waals surface area contributed by atoms with Gasteiger partial charge >= 0.3 is 5.97 Å². The molecule has 0 spiro atoms. The van der Waals surface area contributed by atoms with Gasteiger partial charge in [-0.15, -0.1) is 0 Å². The van der Waals surface area contributed by atoms with Crippen LogP contribution in [0.25, 0.3) is 0 Å². The Labute approximate surface area is 112 Å². The van der Waals surface area contributed by atoms with Crippen molar-refractivity contribution < 1.29 is 19.0 Å². The maximum absolute atomic E-state index is 11.8. The van der Waals surface area contributed by atoms with Crippen LogP contribution in [0.5, 0.6) is 0 Å². The van der Waals surface area contributed by atoms with Gasteiger partial charge in [0.2, 0.25) is 6.20 Å². The summed E-state index contributed by atoms with van der Waals surface area (Å²) in [4.78, 5) is 13.8. The largest absolute Gasteiger partial charge is 0.619 e. The molecule has 1 saturated heterocycles. The first-order chi connectivity index (χ1) is 9.04. The van der Waals surface area contributed by atoms with Crippen molar-refractivity contribution in [1.29, 1.82) is 0 Å². The van der Waals surface area contributed by atoms with Gasteiger partial charge in [0, 0.05) is 6.07 Å². The Morgan fingerprint density at radius 3 is 2.68 bits per heavy atom. The zero-order chi connectivity index (χ0) is 14.0. The number of carbonyl (C=O) groups is 1. The summed E-state index contributed by atoms with van der Waals surface area (Å²) in [5.74, 6) is -0.443.